The average molecular weight is 451 g/mol. The minimum atomic E-state index is -0.402. The number of nitrogens with one attached hydrogen (secondary N) is 1. The number of benzene rings is 3. The molecular weight excluding hydrogens is 432 g/mol. The highest BCUT2D eigenvalue weighted by Crippen LogP contribution is 2.31. The Morgan fingerprint density at radius 2 is 1.79 bits per heavy atom. The number of carbonyl (C=O) groups excluding carboxylic acids is 2. The molecule has 5 nitrogen and oxygen atoms in total. The molecule has 1 aliphatic heterocycles. The van der Waals surface area contributed by atoms with Gasteiger partial charge in [0.2, 0.25) is 0 Å². The standard InChI is InChI=1S/C23H19BrN2O3/c1-2-26-22(27)20(25-23(26)28)13-19-18-6-4-3-5-16(18)9-12-21(19)29-14-15-7-10-17(24)11-8-15/h3-13H,2,14H2,1H3,(H,25,28)/b20-13+. The summed E-state index contributed by atoms with van der Waals surface area (Å²) < 4.78 is 7.11. The van der Waals surface area contributed by atoms with Crippen molar-refractivity contribution in [1.29, 1.82) is 0 Å². The molecule has 0 aliphatic carbocycles. The summed E-state index contributed by atoms with van der Waals surface area (Å²) in [5.74, 6) is 0.320. The number of nitrogens with zero attached hydrogens (tertiary/aromatic N) is 1. The van der Waals surface area contributed by atoms with E-state index in [0.29, 0.717) is 18.9 Å². The van der Waals surface area contributed by atoms with Crippen LogP contribution in [0.25, 0.3) is 16.8 Å². The maximum atomic E-state index is 12.5. The van der Waals surface area contributed by atoms with Crippen molar-refractivity contribution in [3.63, 3.8) is 0 Å². The van der Waals surface area contributed by atoms with Crippen molar-refractivity contribution >= 4 is 44.7 Å². The van der Waals surface area contributed by atoms with Gasteiger partial charge in [0.1, 0.15) is 18.1 Å². The Labute approximate surface area is 177 Å². The summed E-state index contributed by atoms with van der Waals surface area (Å²) in [7, 11) is 0. The number of amides is 3. The molecule has 1 N–H and O–H groups in total. The van der Waals surface area contributed by atoms with Crippen molar-refractivity contribution in [3.8, 4) is 5.75 Å². The molecule has 3 amide bonds. The molecule has 1 fully saturated rings. The van der Waals surface area contributed by atoms with Gasteiger partial charge in [0.25, 0.3) is 5.91 Å². The van der Waals surface area contributed by atoms with E-state index >= 15 is 0 Å². The van der Waals surface area contributed by atoms with E-state index in [4.69, 9.17) is 4.74 Å². The van der Waals surface area contributed by atoms with Crippen molar-refractivity contribution in [1.82, 2.24) is 10.2 Å². The number of rotatable bonds is 5. The minimum absolute atomic E-state index is 0.252. The zero-order valence-electron chi connectivity index (χ0n) is 15.8. The van der Waals surface area contributed by atoms with E-state index in [1.54, 1.807) is 13.0 Å². The first-order chi connectivity index (χ1) is 14.1. The topological polar surface area (TPSA) is 58.6 Å². The number of hydrogen-bond donors (Lipinski definition) is 1. The van der Waals surface area contributed by atoms with E-state index in [0.717, 1.165) is 26.4 Å². The number of halogens is 1. The van der Waals surface area contributed by atoms with Crippen LogP contribution in [0, 0.1) is 0 Å². The molecule has 4 rings (SSSR count). The molecule has 0 spiro atoms. The number of hydrogen-bond acceptors (Lipinski definition) is 3. The van der Waals surface area contributed by atoms with Gasteiger partial charge in [-0.2, -0.15) is 0 Å². The van der Waals surface area contributed by atoms with E-state index in [1.165, 1.54) is 4.90 Å². The van der Waals surface area contributed by atoms with Gasteiger partial charge in [0.05, 0.1) is 0 Å². The van der Waals surface area contributed by atoms with Crippen molar-refractivity contribution in [3.05, 3.63) is 82.0 Å². The molecule has 0 saturated carbocycles. The fourth-order valence-corrected chi connectivity index (χ4v) is 3.56. The lowest BCUT2D eigenvalue weighted by Gasteiger charge is -2.13. The van der Waals surface area contributed by atoms with Crippen molar-refractivity contribution < 1.29 is 14.3 Å². The second-order valence-corrected chi connectivity index (χ2v) is 7.57. The van der Waals surface area contributed by atoms with Crippen LogP contribution in [0.15, 0.2) is 70.8 Å². The van der Waals surface area contributed by atoms with Gasteiger partial charge in [0, 0.05) is 16.6 Å². The van der Waals surface area contributed by atoms with Gasteiger partial charge in [-0.3, -0.25) is 9.69 Å². The molecule has 0 aromatic heterocycles. The molecule has 0 atom stereocenters. The van der Waals surface area contributed by atoms with Crippen LogP contribution in [0.3, 0.4) is 0 Å². The second kappa shape index (κ2) is 8.09. The number of imide groups is 1. The molecule has 146 valence electrons. The molecule has 3 aromatic carbocycles. The summed E-state index contributed by atoms with van der Waals surface area (Å²) >= 11 is 3.43. The van der Waals surface area contributed by atoms with E-state index in [9.17, 15) is 9.59 Å². The third-order valence-electron chi connectivity index (χ3n) is 4.81. The highest BCUT2D eigenvalue weighted by atomic mass is 79.9. The summed E-state index contributed by atoms with van der Waals surface area (Å²) in [6.07, 6.45) is 1.70. The second-order valence-electron chi connectivity index (χ2n) is 6.65. The van der Waals surface area contributed by atoms with Crippen LogP contribution in [0.4, 0.5) is 4.79 Å². The molecular formula is C23H19BrN2O3. The molecule has 3 aromatic rings. The smallest absolute Gasteiger partial charge is 0.328 e. The van der Waals surface area contributed by atoms with Gasteiger partial charge in [-0.25, -0.2) is 4.79 Å². The number of likely N-dealkylation sites (N-methyl/N-ethyl adjacent to an activating group) is 1. The fourth-order valence-electron chi connectivity index (χ4n) is 3.30. The number of ether oxygens (including phenoxy) is 1. The van der Waals surface area contributed by atoms with Gasteiger partial charge in [0.15, 0.2) is 0 Å². The number of fused-ring (bicyclic) bond motifs is 1. The van der Waals surface area contributed by atoms with Gasteiger partial charge in [-0.05, 0) is 47.5 Å². The van der Waals surface area contributed by atoms with Gasteiger partial charge in [-0.1, -0.05) is 58.4 Å². The summed E-state index contributed by atoms with van der Waals surface area (Å²) in [5, 5.41) is 4.64. The van der Waals surface area contributed by atoms with Crippen LogP contribution in [-0.4, -0.2) is 23.4 Å². The van der Waals surface area contributed by atoms with Crippen LogP contribution < -0.4 is 10.1 Å². The lowest BCUT2D eigenvalue weighted by atomic mass is 10.0. The van der Waals surface area contributed by atoms with Crippen LogP contribution in [-0.2, 0) is 11.4 Å². The Morgan fingerprint density at radius 1 is 1.03 bits per heavy atom. The summed E-state index contributed by atoms with van der Waals surface area (Å²) in [6, 6.07) is 19.3. The fraction of sp³-hybridized carbons (Fsp3) is 0.130. The van der Waals surface area contributed by atoms with E-state index in [2.05, 4.69) is 21.2 Å². The largest absolute Gasteiger partial charge is 0.488 e. The first-order valence-electron chi connectivity index (χ1n) is 9.30. The summed E-state index contributed by atoms with van der Waals surface area (Å²) in [6.45, 7) is 2.48. The molecule has 0 bridgehead atoms. The first kappa shape index (κ1) is 19.2. The molecule has 0 radical (unpaired) electrons. The summed E-state index contributed by atoms with van der Waals surface area (Å²) in [5.41, 5.74) is 2.05. The Bertz CT molecular complexity index is 1120. The zero-order chi connectivity index (χ0) is 20.4. The maximum Gasteiger partial charge on any atom is 0.328 e. The number of urea groups is 1. The van der Waals surface area contributed by atoms with Crippen LogP contribution in [0.1, 0.15) is 18.1 Å². The van der Waals surface area contributed by atoms with Gasteiger partial charge < -0.3 is 10.1 Å². The predicted octanol–water partition coefficient (Wildman–Crippen LogP) is 5.09. The number of carbonyl (C=O) groups is 2. The molecule has 0 unspecified atom stereocenters. The first-order valence-corrected chi connectivity index (χ1v) is 10.1. The quantitative estimate of drug-likeness (QED) is 0.434. The lowest BCUT2D eigenvalue weighted by molar-refractivity contribution is -0.122. The third-order valence-corrected chi connectivity index (χ3v) is 5.33. The lowest BCUT2D eigenvalue weighted by Crippen LogP contribution is -2.30. The normalized spacial score (nSPS) is 15.2. The van der Waals surface area contributed by atoms with Crippen LogP contribution >= 0.6 is 15.9 Å². The van der Waals surface area contributed by atoms with E-state index in [1.807, 2.05) is 60.7 Å². The van der Waals surface area contributed by atoms with Crippen LogP contribution in [0.5, 0.6) is 5.75 Å². The Balaban J connectivity index is 1.73. The minimum Gasteiger partial charge on any atom is -0.488 e. The van der Waals surface area contributed by atoms with Crippen LogP contribution in [0.2, 0.25) is 0 Å². The van der Waals surface area contributed by atoms with Crippen molar-refractivity contribution in [2.45, 2.75) is 13.5 Å². The molecule has 1 aliphatic rings. The molecule has 6 heteroatoms. The highest BCUT2D eigenvalue weighted by molar-refractivity contribution is 9.10. The Morgan fingerprint density at radius 3 is 2.52 bits per heavy atom. The van der Waals surface area contributed by atoms with Gasteiger partial charge >= 0.3 is 6.03 Å². The predicted molar refractivity (Wildman–Crippen MR) is 116 cm³/mol. The SMILES string of the molecule is CCN1C(=O)N/C(=C/c2c(OCc3ccc(Br)cc3)ccc3ccccc23)C1=O. The van der Waals surface area contributed by atoms with Crippen molar-refractivity contribution in [2.75, 3.05) is 6.54 Å². The monoisotopic (exact) mass is 450 g/mol. The van der Waals surface area contributed by atoms with Gasteiger partial charge in [-0.15, -0.1) is 0 Å². The third kappa shape index (κ3) is 3.89. The van der Waals surface area contributed by atoms with E-state index in [-0.39, 0.29) is 11.6 Å². The zero-order valence-corrected chi connectivity index (χ0v) is 17.4. The van der Waals surface area contributed by atoms with Crippen molar-refractivity contribution in [2.24, 2.45) is 0 Å². The Hall–Kier alpha value is -3.12. The maximum absolute atomic E-state index is 12.5. The molecule has 1 saturated heterocycles. The summed E-state index contributed by atoms with van der Waals surface area (Å²) in [4.78, 5) is 25.7. The molecule has 29 heavy (non-hydrogen) atoms. The Kier molecular flexibility index (Phi) is 5.36. The average Bonchev–Trinajstić information content (AvgIpc) is 3.01. The molecule has 1 heterocycles. The van der Waals surface area contributed by atoms with E-state index < -0.39 is 6.03 Å². The highest BCUT2D eigenvalue weighted by Gasteiger charge is 2.32.